The number of hydrogen-bond acceptors (Lipinski definition) is 3. The van der Waals surface area contributed by atoms with E-state index in [0.29, 0.717) is 17.7 Å². The van der Waals surface area contributed by atoms with Crippen LogP contribution in [0.1, 0.15) is 22.3 Å². The van der Waals surface area contributed by atoms with Crippen LogP contribution in [0.2, 0.25) is 0 Å². The molecule has 12 aromatic rings. The highest BCUT2D eigenvalue weighted by molar-refractivity contribution is 6.10. The molecule has 0 fully saturated rings. The van der Waals surface area contributed by atoms with E-state index in [4.69, 9.17) is 15.0 Å². The van der Waals surface area contributed by atoms with Crippen LogP contribution >= 0.6 is 0 Å². The Morgan fingerprint density at radius 3 is 1.14 bits per heavy atom. The van der Waals surface area contributed by atoms with Crippen molar-refractivity contribution < 1.29 is 0 Å². The molecule has 0 atom stereocenters. The zero-order valence-corrected chi connectivity index (χ0v) is 33.9. The van der Waals surface area contributed by atoms with Crippen molar-refractivity contribution in [1.29, 1.82) is 0 Å². The molecule has 63 heavy (non-hydrogen) atoms. The van der Waals surface area contributed by atoms with Crippen LogP contribution in [0.3, 0.4) is 0 Å². The van der Waals surface area contributed by atoms with Crippen molar-refractivity contribution in [2.24, 2.45) is 0 Å². The molecule has 5 nitrogen and oxygen atoms in total. The first-order chi connectivity index (χ1) is 31.3. The Bertz CT molecular complexity index is 3590. The van der Waals surface area contributed by atoms with Crippen molar-refractivity contribution in [3.8, 4) is 56.7 Å². The van der Waals surface area contributed by atoms with Crippen LogP contribution < -0.4 is 0 Å². The predicted octanol–water partition coefficient (Wildman–Crippen LogP) is 13.7. The van der Waals surface area contributed by atoms with E-state index in [1.807, 2.05) is 0 Å². The molecule has 292 valence electrons. The van der Waals surface area contributed by atoms with E-state index < -0.39 is 5.41 Å². The Hall–Kier alpha value is -8.41. The number of benzene rings is 9. The maximum absolute atomic E-state index is 5.34. The van der Waals surface area contributed by atoms with Gasteiger partial charge in [0.1, 0.15) is 0 Å². The van der Waals surface area contributed by atoms with Gasteiger partial charge in [-0.3, -0.25) is 9.13 Å². The molecule has 0 bridgehead atoms. The fraction of sp³-hybridized carbons (Fsp3) is 0.0172. The third-order valence-electron chi connectivity index (χ3n) is 13.6. The summed E-state index contributed by atoms with van der Waals surface area (Å²) in [4.78, 5) is 16.0. The molecule has 2 aliphatic rings. The van der Waals surface area contributed by atoms with Crippen LogP contribution in [0, 0.1) is 0 Å². The lowest BCUT2D eigenvalue weighted by molar-refractivity contribution is 0.794. The monoisotopic (exact) mass is 801 g/mol. The van der Waals surface area contributed by atoms with Gasteiger partial charge in [0.05, 0.1) is 27.5 Å². The second kappa shape index (κ2) is 12.8. The lowest BCUT2D eigenvalue weighted by Gasteiger charge is -2.30. The van der Waals surface area contributed by atoms with E-state index in [1.165, 1.54) is 50.1 Å². The van der Waals surface area contributed by atoms with Crippen molar-refractivity contribution >= 4 is 43.6 Å². The van der Waals surface area contributed by atoms with Gasteiger partial charge < -0.3 is 0 Å². The van der Waals surface area contributed by atoms with E-state index in [0.717, 1.165) is 54.7 Å². The lowest BCUT2D eigenvalue weighted by atomic mass is 9.70. The van der Waals surface area contributed by atoms with Crippen LogP contribution in [0.5, 0.6) is 0 Å². The summed E-state index contributed by atoms with van der Waals surface area (Å²) in [7, 11) is 0. The summed E-state index contributed by atoms with van der Waals surface area (Å²) in [5, 5.41) is 4.62. The summed E-state index contributed by atoms with van der Waals surface area (Å²) in [6.07, 6.45) is 0. The topological polar surface area (TPSA) is 48.5 Å². The molecule has 0 saturated heterocycles. The van der Waals surface area contributed by atoms with Crippen LogP contribution in [0.4, 0.5) is 0 Å². The van der Waals surface area contributed by atoms with Gasteiger partial charge in [-0.2, -0.15) is 15.0 Å². The first-order valence-electron chi connectivity index (χ1n) is 21.5. The maximum atomic E-state index is 5.34. The summed E-state index contributed by atoms with van der Waals surface area (Å²) >= 11 is 0. The first-order valence-corrected chi connectivity index (χ1v) is 21.5. The van der Waals surface area contributed by atoms with Gasteiger partial charge in [0.15, 0.2) is 5.82 Å². The first kappa shape index (κ1) is 34.3. The lowest BCUT2D eigenvalue weighted by Crippen LogP contribution is -2.25. The van der Waals surface area contributed by atoms with Crippen LogP contribution in [0.15, 0.2) is 212 Å². The second-order valence-electron chi connectivity index (χ2n) is 16.7. The van der Waals surface area contributed by atoms with E-state index in [9.17, 15) is 0 Å². The maximum Gasteiger partial charge on any atom is 0.240 e. The Morgan fingerprint density at radius 1 is 0.286 bits per heavy atom. The molecule has 0 unspecified atom stereocenters. The summed E-state index contributed by atoms with van der Waals surface area (Å²) in [6.45, 7) is 0. The molecule has 2 aliphatic carbocycles. The number of aromatic nitrogens is 5. The zero-order valence-electron chi connectivity index (χ0n) is 33.9. The molecule has 14 rings (SSSR count). The Balaban J connectivity index is 0.975. The Morgan fingerprint density at radius 2 is 0.651 bits per heavy atom. The standard InChI is InChI=1S/C58H35N5/c1-8-24-46-39(16-1)40-17-2-9-25-47(40)58(46)48-26-10-3-22-45(48)54-38(23-15-27-49(54)58)36-32-34-37(35-33-36)55-59-56(62-50-28-11-4-18-41(50)42-19-5-12-29-51(42)62)61-57(60-55)63-52-30-13-6-20-43(52)44-21-7-14-31-53(44)63/h1-35H. The summed E-state index contributed by atoms with van der Waals surface area (Å²) in [5.41, 5.74) is 17.6. The minimum Gasteiger partial charge on any atom is -0.278 e. The molecule has 5 heteroatoms. The smallest absolute Gasteiger partial charge is 0.240 e. The molecule has 3 heterocycles. The second-order valence-corrected chi connectivity index (χ2v) is 16.7. The minimum absolute atomic E-state index is 0.396. The number of hydrogen-bond donors (Lipinski definition) is 0. The molecule has 0 radical (unpaired) electrons. The third-order valence-corrected chi connectivity index (χ3v) is 13.6. The molecule has 0 saturated carbocycles. The van der Waals surface area contributed by atoms with Gasteiger partial charge in [0.2, 0.25) is 11.9 Å². The normalized spacial score (nSPS) is 13.2. The molecule has 9 aromatic carbocycles. The number of para-hydroxylation sites is 4. The molecule has 3 aromatic heterocycles. The Kier molecular flexibility index (Phi) is 6.97. The number of nitrogens with zero attached hydrogens (tertiary/aromatic N) is 5. The van der Waals surface area contributed by atoms with Crippen LogP contribution in [0.25, 0.3) is 100 Å². The molecule has 1 spiro atoms. The molecular formula is C58H35N5. The van der Waals surface area contributed by atoms with Crippen molar-refractivity contribution in [3.63, 3.8) is 0 Å². The van der Waals surface area contributed by atoms with Crippen molar-refractivity contribution in [1.82, 2.24) is 24.1 Å². The van der Waals surface area contributed by atoms with Crippen molar-refractivity contribution in [2.75, 3.05) is 0 Å². The van der Waals surface area contributed by atoms with Gasteiger partial charge in [-0.1, -0.05) is 188 Å². The van der Waals surface area contributed by atoms with Gasteiger partial charge in [0, 0.05) is 27.1 Å². The van der Waals surface area contributed by atoms with Crippen LogP contribution in [-0.2, 0) is 5.41 Å². The van der Waals surface area contributed by atoms with Gasteiger partial charge in [-0.15, -0.1) is 0 Å². The fourth-order valence-electron chi connectivity index (χ4n) is 11.1. The van der Waals surface area contributed by atoms with E-state index in [-0.39, 0.29) is 0 Å². The van der Waals surface area contributed by atoms with Crippen molar-refractivity contribution in [3.05, 3.63) is 235 Å². The fourth-order valence-corrected chi connectivity index (χ4v) is 11.1. The van der Waals surface area contributed by atoms with Gasteiger partial charge in [-0.25, -0.2) is 0 Å². The highest BCUT2D eigenvalue weighted by Crippen LogP contribution is 2.63. The zero-order chi connectivity index (χ0) is 41.2. The summed E-state index contributed by atoms with van der Waals surface area (Å²) in [5.74, 6) is 1.74. The highest BCUT2D eigenvalue weighted by Gasteiger charge is 2.51. The number of rotatable bonds is 4. The molecular weight excluding hydrogens is 767 g/mol. The SMILES string of the molecule is c1ccc2c(c1)-c1ccccc1C21c2ccccc2-c2c(-c3ccc(-c4nc(-n5c6ccccc6c6ccccc65)nc(-n5c6ccccc6c6ccccc65)n4)cc3)cccc21. The number of fused-ring (bicyclic) bond motifs is 16. The highest BCUT2D eigenvalue weighted by atomic mass is 15.3. The van der Waals surface area contributed by atoms with E-state index in [1.54, 1.807) is 0 Å². The molecule has 0 N–H and O–H groups in total. The third kappa shape index (κ3) is 4.57. The van der Waals surface area contributed by atoms with Crippen molar-refractivity contribution in [2.45, 2.75) is 5.41 Å². The average Bonchev–Trinajstić information content (AvgIpc) is 4.06. The average molecular weight is 802 g/mol. The predicted molar refractivity (Wildman–Crippen MR) is 256 cm³/mol. The Labute approximate surface area is 362 Å². The van der Waals surface area contributed by atoms with Gasteiger partial charge in [-0.05, 0) is 79.9 Å². The van der Waals surface area contributed by atoms with Gasteiger partial charge in [0.25, 0.3) is 0 Å². The summed E-state index contributed by atoms with van der Waals surface area (Å²) < 4.78 is 4.36. The van der Waals surface area contributed by atoms with Gasteiger partial charge >= 0.3 is 0 Å². The summed E-state index contributed by atoms with van der Waals surface area (Å²) in [6, 6.07) is 76.6. The van der Waals surface area contributed by atoms with E-state index in [2.05, 4.69) is 221 Å². The largest absolute Gasteiger partial charge is 0.278 e. The van der Waals surface area contributed by atoms with Crippen LogP contribution in [-0.4, -0.2) is 24.1 Å². The van der Waals surface area contributed by atoms with E-state index >= 15 is 0 Å². The molecule has 0 aliphatic heterocycles. The minimum atomic E-state index is -0.396. The quantitative estimate of drug-likeness (QED) is 0.178. The molecule has 0 amide bonds.